The first-order valence-corrected chi connectivity index (χ1v) is 8.38. The third kappa shape index (κ3) is 5.41. The topological polar surface area (TPSA) is 114 Å². The van der Waals surface area contributed by atoms with Gasteiger partial charge in [-0.3, -0.25) is 19.7 Å². The van der Waals surface area contributed by atoms with E-state index in [0.29, 0.717) is 32.0 Å². The lowest BCUT2D eigenvalue weighted by Crippen LogP contribution is -2.45. The van der Waals surface area contributed by atoms with E-state index in [1.165, 1.54) is 12.1 Å². The molecule has 2 amide bonds. The molecule has 1 aliphatic heterocycles. The quantitative estimate of drug-likeness (QED) is 0.597. The molecule has 0 saturated carbocycles. The molecule has 1 aromatic rings. The summed E-state index contributed by atoms with van der Waals surface area (Å²) in [6.07, 6.45) is 0. The molecule has 1 saturated heterocycles. The van der Waals surface area contributed by atoms with Crippen molar-refractivity contribution >= 4 is 23.2 Å². The largest absolute Gasteiger partial charge is 0.378 e. The Labute approximate surface area is 151 Å². The minimum absolute atomic E-state index is 0.136. The lowest BCUT2D eigenvalue weighted by atomic mass is 10.1. The molecule has 9 heteroatoms. The molecule has 1 aromatic carbocycles. The van der Waals surface area contributed by atoms with Crippen LogP contribution in [-0.2, 0) is 9.53 Å². The Balaban J connectivity index is 2.09. The van der Waals surface area contributed by atoms with E-state index in [4.69, 9.17) is 4.74 Å². The van der Waals surface area contributed by atoms with Crippen LogP contribution in [0.2, 0.25) is 0 Å². The standard InChI is InChI=1S/C17H24N4O5/c1-17(2,3)19-15(22)11-18-16(23)12-4-5-13(14(10-12)21(24)25)20-6-8-26-9-7-20/h4-5,10H,6-9,11H2,1-3H3,(H,18,23)(H,19,22). The van der Waals surface area contributed by atoms with Crippen LogP contribution in [0.4, 0.5) is 11.4 Å². The maximum Gasteiger partial charge on any atom is 0.293 e. The van der Waals surface area contributed by atoms with Crippen molar-refractivity contribution in [3.63, 3.8) is 0 Å². The number of nitrogens with one attached hydrogen (secondary N) is 2. The number of morpholine rings is 1. The Kier molecular flexibility index (Phi) is 6.14. The molecular formula is C17H24N4O5. The zero-order chi connectivity index (χ0) is 19.3. The molecule has 0 aliphatic carbocycles. The van der Waals surface area contributed by atoms with E-state index in [1.807, 2.05) is 25.7 Å². The summed E-state index contributed by atoms with van der Waals surface area (Å²) < 4.78 is 5.26. The highest BCUT2D eigenvalue weighted by molar-refractivity contribution is 5.97. The molecule has 142 valence electrons. The molecule has 0 unspecified atom stereocenters. The Morgan fingerprint density at radius 3 is 2.50 bits per heavy atom. The van der Waals surface area contributed by atoms with Gasteiger partial charge in [0, 0.05) is 30.3 Å². The number of nitro benzene ring substituents is 1. The lowest BCUT2D eigenvalue weighted by Gasteiger charge is -2.28. The highest BCUT2D eigenvalue weighted by atomic mass is 16.6. The van der Waals surface area contributed by atoms with Gasteiger partial charge in [0.15, 0.2) is 0 Å². The third-order valence-corrected chi connectivity index (χ3v) is 3.71. The van der Waals surface area contributed by atoms with Gasteiger partial charge in [-0.2, -0.15) is 0 Å². The molecule has 1 heterocycles. The van der Waals surface area contributed by atoms with Crippen LogP contribution in [0.3, 0.4) is 0 Å². The van der Waals surface area contributed by atoms with Gasteiger partial charge in [0.25, 0.3) is 11.6 Å². The number of hydrogen-bond acceptors (Lipinski definition) is 6. The highest BCUT2D eigenvalue weighted by Gasteiger charge is 2.23. The predicted molar refractivity (Wildman–Crippen MR) is 96.4 cm³/mol. The van der Waals surface area contributed by atoms with Crippen LogP contribution in [-0.4, -0.2) is 55.1 Å². The summed E-state index contributed by atoms with van der Waals surface area (Å²) in [5, 5.41) is 16.6. The zero-order valence-electron chi connectivity index (χ0n) is 15.2. The van der Waals surface area contributed by atoms with Crippen molar-refractivity contribution in [1.29, 1.82) is 0 Å². The molecule has 9 nitrogen and oxygen atoms in total. The van der Waals surface area contributed by atoms with Crippen molar-refractivity contribution < 1.29 is 19.2 Å². The number of benzene rings is 1. The summed E-state index contributed by atoms with van der Waals surface area (Å²) in [4.78, 5) is 36.8. The molecule has 2 rings (SSSR count). The van der Waals surface area contributed by atoms with Gasteiger partial charge in [0.1, 0.15) is 5.69 Å². The van der Waals surface area contributed by atoms with Crippen LogP contribution >= 0.6 is 0 Å². The summed E-state index contributed by atoms with van der Waals surface area (Å²) in [6, 6.07) is 4.32. The number of anilines is 1. The average molecular weight is 364 g/mol. The number of carbonyl (C=O) groups is 2. The maximum absolute atomic E-state index is 12.2. The van der Waals surface area contributed by atoms with Crippen LogP contribution < -0.4 is 15.5 Å². The minimum Gasteiger partial charge on any atom is -0.378 e. The van der Waals surface area contributed by atoms with Crippen molar-refractivity contribution in [2.75, 3.05) is 37.7 Å². The van der Waals surface area contributed by atoms with Gasteiger partial charge in [-0.25, -0.2) is 0 Å². The fourth-order valence-electron chi connectivity index (χ4n) is 2.61. The number of nitro groups is 1. The van der Waals surface area contributed by atoms with Crippen LogP contribution in [0.1, 0.15) is 31.1 Å². The first-order chi connectivity index (χ1) is 12.2. The van der Waals surface area contributed by atoms with Gasteiger partial charge in [0.05, 0.1) is 24.7 Å². The number of ether oxygens (including phenoxy) is 1. The third-order valence-electron chi connectivity index (χ3n) is 3.71. The summed E-state index contributed by atoms with van der Waals surface area (Å²) in [5.74, 6) is -0.865. The number of carbonyl (C=O) groups excluding carboxylic acids is 2. The Hall–Kier alpha value is -2.68. The van der Waals surface area contributed by atoms with Gasteiger partial charge in [0.2, 0.25) is 5.91 Å². The molecule has 0 atom stereocenters. The Bertz CT molecular complexity index is 693. The molecule has 26 heavy (non-hydrogen) atoms. The second-order valence-corrected chi connectivity index (χ2v) is 7.04. The van der Waals surface area contributed by atoms with Crippen molar-refractivity contribution in [2.24, 2.45) is 0 Å². The van der Waals surface area contributed by atoms with E-state index in [-0.39, 0.29) is 23.7 Å². The fraction of sp³-hybridized carbons (Fsp3) is 0.529. The minimum atomic E-state index is -0.536. The smallest absolute Gasteiger partial charge is 0.293 e. The summed E-state index contributed by atoms with van der Waals surface area (Å²) >= 11 is 0. The van der Waals surface area contributed by atoms with E-state index in [9.17, 15) is 19.7 Å². The van der Waals surface area contributed by atoms with Gasteiger partial charge >= 0.3 is 0 Å². The second-order valence-electron chi connectivity index (χ2n) is 7.04. The SMILES string of the molecule is CC(C)(C)NC(=O)CNC(=O)c1ccc(N2CCOCC2)c([N+](=O)[O-])c1. The molecular weight excluding hydrogens is 340 g/mol. The first-order valence-electron chi connectivity index (χ1n) is 8.38. The van der Waals surface area contributed by atoms with E-state index >= 15 is 0 Å². The average Bonchev–Trinajstić information content (AvgIpc) is 2.58. The fourth-order valence-corrected chi connectivity index (χ4v) is 2.61. The summed E-state index contributed by atoms with van der Waals surface area (Å²) in [7, 11) is 0. The zero-order valence-corrected chi connectivity index (χ0v) is 15.2. The van der Waals surface area contributed by atoms with E-state index in [2.05, 4.69) is 10.6 Å². The predicted octanol–water partition coefficient (Wildman–Crippen LogP) is 1.08. The van der Waals surface area contributed by atoms with Crippen molar-refractivity contribution in [1.82, 2.24) is 10.6 Å². The number of nitrogens with zero attached hydrogens (tertiary/aromatic N) is 2. The maximum atomic E-state index is 12.2. The van der Waals surface area contributed by atoms with Crippen LogP contribution in [0.15, 0.2) is 18.2 Å². The van der Waals surface area contributed by atoms with E-state index < -0.39 is 16.4 Å². The Morgan fingerprint density at radius 1 is 1.27 bits per heavy atom. The lowest BCUT2D eigenvalue weighted by molar-refractivity contribution is -0.384. The van der Waals surface area contributed by atoms with E-state index in [0.717, 1.165) is 0 Å². The normalized spacial score (nSPS) is 14.7. The molecule has 0 radical (unpaired) electrons. The van der Waals surface area contributed by atoms with Crippen LogP contribution in [0.25, 0.3) is 0 Å². The second kappa shape index (κ2) is 8.13. The number of hydrogen-bond donors (Lipinski definition) is 2. The monoisotopic (exact) mass is 364 g/mol. The van der Waals surface area contributed by atoms with Crippen LogP contribution in [0.5, 0.6) is 0 Å². The molecule has 0 bridgehead atoms. The number of amides is 2. The molecule has 2 N–H and O–H groups in total. The van der Waals surface area contributed by atoms with Gasteiger partial charge in [-0.1, -0.05) is 0 Å². The van der Waals surface area contributed by atoms with Gasteiger partial charge < -0.3 is 20.3 Å². The number of rotatable bonds is 5. The van der Waals surface area contributed by atoms with E-state index in [1.54, 1.807) is 6.07 Å². The van der Waals surface area contributed by atoms with Crippen molar-refractivity contribution in [2.45, 2.75) is 26.3 Å². The highest BCUT2D eigenvalue weighted by Crippen LogP contribution is 2.29. The Morgan fingerprint density at radius 2 is 1.92 bits per heavy atom. The van der Waals surface area contributed by atoms with Crippen molar-refractivity contribution in [3.05, 3.63) is 33.9 Å². The molecule has 1 aliphatic rings. The summed E-state index contributed by atoms with van der Waals surface area (Å²) in [5.41, 5.74) is 0.0525. The summed E-state index contributed by atoms with van der Waals surface area (Å²) in [6.45, 7) is 7.42. The van der Waals surface area contributed by atoms with Gasteiger partial charge in [-0.05, 0) is 32.9 Å². The molecule has 1 fully saturated rings. The van der Waals surface area contributed by atoms with Crippen molar-refractivity contribution in [3.8, 4) is 0 Å². The first kappa shape index (κ1) is 19.6. The van der Waals surface area contributed by atoms with Crippen LogP contribution in [0, 0.1) is 10.1 Å². The molecule has 0 spiro atoms. The molecule has 0 aromatic heterocycles. The van der Waals surface area contributed by atoms with Gasteiger partial charge in [-0.15, -0.1) is 0 Å².